The molecular weight excluding hydrogens is 517 g/mol. The van der Waals surface area contributed by atoms with Crippen LogP contribution in [0.15, 0.2) is 49.1 Å². The summed E-state index contributed by atoms with van der Waals surface area (Å²) in [6.45, 7) is 6.15. The van der Waals surface area contributed by atoms with Crippen LogP contribution in [0, 0.1) is 11.8 Å². The van der Waals surface area contributed by atoms with E-state index in [1.807, 2.05) is 49.0 Å². The summed E-state index contributed by atoms with van der Waals surface area (Å²) in [4.78, 5) is 20.3. The Labute approximate surface area is 232 Å². The summed E-state index contributed by atoms with van der Waals surface area (Å²) in [5, 5.41) is 12.1. The first-order valence-corrected chi connectivity index (χ1v) is 13.9. The van der Waals surface area contributed by atoms with Crippen molar-refractivity contribution in [1.29, 1.82) is 0 Å². The van der Waals surface area contributed by atoms with Crippen molar-refractivity contribution in [1.82, 2.24) is 29.0 Å². The average Bonchev–Trinajstić information content (AvgIpc) is 3.49. The van der Waals surface area contributed by atoms with Gasteiger partial charge in [0.25, 0.3) is 5.91 Å². The van der Waals surface area contributed by atoms with Crippen molar-refractivity contribution in [2.75, 3.05) is 18.4 Å². The molecule has 39 heavy (non-hydrogen) atoms. The molecule has 0 bridgehead atoms. The Kier molecular flexibility index (Phi) is 6.67. The van der Waals surface area contributed by atoms with Crippen LogP contribution in [0.25, 0.3) is 5.65 Å². The van der Waals surface area contributed by atoms with Crippen LogP contribution in [-0.2, 0) is 19.0 Å². The van der Waals surface area contributed by atoms with Gasteiger partial charge in [0.15, 0.2) is 5.65 Å². The van der Waals surface area contributed by atoms with Crippen LogP contribution in [0.1, 0.15) is 60.4 Å². The molecule has 4 aromatic rings. The second-order valence-corrected chi connectivity index (χ2v) is 11.8. The quantitative estimate of drug-likeness (QED) is 0.355. The number of fused-ring (bicyclic) bond motifs is 1. The summed E-state index contributed by atoms with van der Waals surface area (Å²) >= 11 is 6.43. The fourth-order valence-corrected chi connectivity index (χ4v) is 6.64. The zero-order valence-electron chi connectivity index (χ0n) is 22.4. The van der Waals surface area contributed by atoms with Gasteiger partial charge in [0, 0.05) is 44.5 Å². The summed E-state index contributed by atoms with van der Waals surface area (Å²) in [6, 6.07) is 9.89. The van der Waals surface area contributed by atoms with E-state index in [1.54, 1.807) is 16.9 Å². The number of hydrogen-bond donors (Lipinski definition) is 1. The molecule has 3 aromatic heterocycles. The van der Waals surface area contributed by atoms with Crippen molar-refractivity contribution in [3.8, 4) is 0 Å². The van der Waals surface area contributed by atoms with Gasteiger partial charge in [-0.3, -0.25) is 14.1 Å². The molecule has 6 rings (SSSR count). The Morgan fingerprint density at radius 1 is 1.26 bits per heavy atom. The summed E-state index contributed by atoms with van der Waals surface area (Å²) in [7, 11) is 1.97. The van der Waals surface area contributed by atoms with Crippen molar-refractivity contribution >= 4 is 28.8 Å². The van der Waals surface area contributed by atoms with Gasteiger partial charge in [0.1, 0.15) is 23.5 Å². The van der Waals surface area contributed by atoms with Gasteiger partial charge in [-0.1, -0.05) is 37.6 Å². The molecule has 10 heteroatoms. The van der Waals surface area contributed by atoms with Gasteiger partial charge < -0.3 is 9.88 Å². The number of piperidine rings is 1. The number of carbonyl (C=O) groups is 1. The van der Waals surface area contributed by atoms with Crippen molar-refractivity contribution in [3.63, 3.8) is 0 Å². The van der Waals surface area contributed by atoms with Crippen molar-refractivity contribution in [3.05, 3.63) is 76.7 Å². The fourth-order valence-electron chi connectivity index (χ4n) is 6.46. The fraction of sp³-hybridized carbons (Fsp3) is 0.448. The molecule has 1 aliphatic carbocycles. The average molecular weight is 550 g/mol. The number of likely N-dealkylation sites (tertiary alicyclic amines) is 1. The summed E-state index contributed by atoms with van der Waals surface area (Å²) in [5.74, 6) is 1.25. The topological polar surface area (TPSA) is 80.3 Å². The second-order valence-electron chi connectivity index (χ2n) is 11.4. The predicted molar refractivity (Wildman–Crippen MR) is 149 cm³/mol. The third kappa shape index (κ3) is 4.72. The molecule has 1 amide bonds. The number of rotatable bonds is 6. The molecule has 0 spiro atoms. The first-order valence-electron chi connectivity index (χ1n) is 13.5. The van der Waals surface area contributed by atoms with Gasteiger partial charge in [0.05, 0.1) is 17.2 Å². The van der Waals surface area contributed by atoms with E-state index in [2.05, 4.69) is 38.4 Å². The predicted octanol–water partition coefficient (Wildman–Crippen LogP) is 5.26. The van der Waals surface area contributed by atoms with Crippen LogP contribution in [0.5, 0.6) is 0 Å². The lowest BCUT2D eigenvalue weighted by Gasteiger charge is -2.46. The summed E-state index contributed by atoms with van der Waals surface area (Å²) in [5.41, 5.74) is 3.46. The van der Waals surface area contributed by atoms with E-state index in [4.69, 9.17) is 11.6 Å². The third-order valence-electron chi connectivity index (χ3n) is 8.36. The van der Waals surface area contributed by atoms with E-state index in [1.165, 1.54) is 0 Å². The van der Waals surface area contributed by atoms with E-state index in [0.29, 0.717) is 54.0 Å². The third-order valence-corrected chi connectivity index (χ3v) is 8.64. The number of imidazole rings is 1. The monoisotopic (exact) mass is 549 g/mol. The van der Waals surface area contributed by atoms with Gasteiger partial charge in [0.2, 0.25) is 0 Å². The first kappa shape index (κ1) is 26.0. The molecule has 1 saturated carbocycles. The number of benzene rings is 1. The first-order chi connectivity index (χ1) is 18.7. The minimum Gasteiger partial charge on any atom is -0.322 e. The molecule has 204 valence electrons. The molecule has 8 nitrogen and oxygen atoms in total. The SMILES string of the molecule is CC1CC(c2cccc(NC(=O)c3cc(CN4CC[C@H](F)[C@H](C)C4)cn4c(Cl)cnc34)c2)(c2nncn2C)C1. The summed E-state index contributed by atoms with van der Waals surface area (Å²) < 4.78 is 17.7. The van der Waals surface area contributed by atoms with Gasteiger partial charge in [-0.05, 0) is 54.5 Å². The Hall–Kier alpha value is -3.30. The van der Waals surface area contributed by atoms with Crippen LogP contribution < -0.4 is 5.32 Å². The minimum atomic E-state index is -0.764. The Balaban J connectivity index is 1.29. The maximum Gasteiger partial charge on any atom is 0.259 e. The Bertz CT molecular complexity index is 1530. The van der Waals surface area contributed by atoms with Gasteiger partial charge >= 0.3 is 0 Å². The highest BCUT2D eigenvalue weighted by Crippen LogP contribution is 2.51. The van der Waals surface area contributed by atoms with Gasteiger partial charge in [-0.2, -0.15) is 0 Å². The number of anilines is 1. The maximum atomic E-state index is 14.0. The van der Waals surface area contributed by atoms with Crippen LogP contribution in [0.4, 0.5) is 10.1 Å². The highest BCUT2D eigenvalue weighted by molar-refractivity contribution is 6.30. The van der Waals surface area contributed by atoms with Crippen molar-refractivity contribution in [2.24, 2.45) is 18.9 Å². The lowest BCUT2D eigenvalue weighted by Crippen LogP contribution is -2.43. The highest BCUT2D eigenvalue weighted by atomic mass is 35.5. The molecule has 2 aliphatic rings. The lowest BCUT2D eigenvalue weighted by atomic mass is 9.58. The number of amides is 1. The molecule has 1 saturated heterocycles. The zero-order chi connectivity index (χ0) is 27.3. The number of aryl methyl sites for hydroxylation is 1. The second kappa shape index (κ2) is 10.0. The largest absolute Gasteiger partial charge is 0.322 e. The molecule has 2 atom stereocenters. The van der Waals surface area contributed by atoms with Crippen LogP contribution in [-0.4, -0.2) is 54.2 Å². The molecule has 0 unspecified atom stereocenters. The number of aromatic nitrogens is 5. The van der Waals surface area contributed by atoms with Crippen LogP contribution in [0.3, 0.4) is 0 Å². The van der Waals surface area contributed by atoms with Crippen molar-refractivity contribution < 1.29 is 9.18 Å². The number of nitrogens with zero attached hydrogens (tertiary/aromatic N) is 6. The highest BCUT2D eigenvalue weighted by Gasteiger charge is 2.48. The molecular formula is C29H33ClFN7O. The molecule has 1 N–H and O–H groups in total. The standard InChI is InChI=1S/C29H33ClFN7O/c1-18-11-29(12-18,28-35-33-17-36(28)3)21-5-4-6-22(10-21)34-27(39)23-9-20(16-38-25(30)13-32-26(23)38)15-37-8-7-24(31)19(2)14-37/h4-6,9-10,13,16-19,24H,7-8,11-12,14-15H2,1-3H3,(H,34,39)/t18?,19-,24+,29?/m1/s1. The van der Waals surface area contributed by atoms with Crippen LogP contribution >= 0.6 is 11.6 Å². The lowest BCUT2D eigenvalue weighted by molar-refractivity contribution is 0.0925. The normalized spacial score (nSPS) is 25.5. The van der Waals surface area contributed by atoms with E-state index >= 15 is 0 Å². The maximum absolute atomic E-state index is 14.0. The van der Waals surface area contributed by atoms with E-state index in [0.717, 1.165) is 29.8 Å². The number of halogens is 2. The van der Waals surface area contributed by atoms with Crippen molar-refractivity contribution in [2.45, 2.75) is 51.2 Å². The minimum absolute atomic E-state index is 0.0159. The van der Waals surface area contributed by atoms with E-state index in [9.17, 15) is 9.18 Å². The van der Waals surface area contributed by atoms with Gasteiger partial charge in [-0.25, -0.2) is 9.37 Å². The molecule has 0 radical (unpaired) electrons. The van der Waals surface area contributed by atoms with E-state index < -0.39 is 6.17 Å². The number of nitrogens with one attached hydrogen (secondary N) is 1. The number of carbonyl (C=O) groups excluding carboxylic acids is 1. The Morgan fingerprint density at radius 2 is 2.08 bits per heavy atom. The smallest absolute Gasteiger partial charge is 0.259 e. The Morgan fingerprint density at radius 3 is 2.79 bits per heavy atom. The molecule has 2 fully saturated rings. The number of alkyl halides is 1. The zero-order valence-corrected chi connectivity index (χ0v) is 23.2. The molecule has 4 heterocycles. The van der Waals surface area contributed by atoms with E-state index in [-0.39, 0.29) is 17.2 Å². The number of pyridine rings is 1. The molecule has 1 aromatic carbocycles. The van der Waals surface area contributed by atoms with Crippen LogP contribution in [0.2, 0.25) is 5.15 Å². The number of hydrogen-bond acceptors (Lipinski definition) is 5. The molecule has 1 aliphatic heterocycles. The summed E-state index contributed by atoms with van der Waals surface area (Å²) in [6.07, 6.45) is 6.91. The van der Waals surface area contributed by atoms with Gasteiger partial charge in [-0.15, -0.1) is 10.2 Å².